The molecule has 2 unspecified atom stereocenters. The normalized spacial score (nSPS) is 18.8. The number of carbonyl (C=O) groups excluding carboxylic acids is 2. The summed E-state index contributed by atoms with van der Waals surface area (Å²) in [6.45, 7) is 1.17. The van der Waals surface area contributed by atoms with E-state index in [0.717, 1.165) is 39.8 Å². The number of anilines is 1. The molecule has 0 aliphatic carbocycles. The molecule has 1 aromatic heterocycles. The first-order valence-corrected chi connectivity index (χ1v) is 22.7. The maximum absolute atomic E-state index is 14.3. The number of carbonyl (C=O) groups is 2. The van der Waals surface area contributed by atoms with Crippen molar-refractivity contribution in [1.29, 1.82) is 0 Å². The molecule has 0 spiro atoms. The molecule has 2 fully saturated rings. The number of amides is 2. The second kappa shape index (κ2) is 18.5. The molecule has 3 atom stereocenters. The van der Waals surface area contributed by atoms with E-state index in [1.54, 1.807) is 22.0 Å². The fraction of sp³-hybridized carbons (Fsp3) is 0.204. The molecule has 9 rings (SSSR count). The number of thioether (sulfide) groups is 1. The molecule has 312 valence electrons. The lowest BCUT2D eigenvalue weighted by Crippen LogP contribution is -2.71. The van der Waals surface area contributed by atoms with Gasteiger partial charge in [0.15, 0.2) is 10.8 Å². The Balaban J connectivity index is 0.979. The number of fused-ring (bicyclic) bond motifs is 1. The number of β-lactam (4-membered cyclic amide) rings is 1. The molecule has 0 bridgehead atoms. The Morgan fingerprint density at radius 3 is 1.92 bits per heavy atom. The molecule has 13 heteroatoms. The van der Waals surface area contributed by atoms with E-state index in [4.69, 9.17) is 31.5 Å². The Labute approximate surface area is 374 Å². The summed E-state index contributed by atoms with van der Waals surface area (Å²) in [7, 11) is 1.38. The van der Waals surface area contributed by atoms with E-state index in [1.165, 1.54) is 18.4 Å². The van der Waals surface area contributed by atoms with E-state index < -0.39 is 29.0 Å². The van der Waals surface area contributed by atoms with Crippen LogP contribution in [0.5, 0.6) is 0 Å². The Bertz CT molecular complexity index is 2450. The van der Waals surface area contributed by atoms with Crippen molar-refractivity contribution >= 4 is 63.0 Å². The standard InChI is InChI=1S/C49H43N5O5S3/c1-57-53-40(39-31-62-48(50-39)52-49(35-21-11-4-12-22-35,36-23-13-5-14-24-36)37-25-15-6-16-26-37)44(55)51-41-45(56)54-42(38(30-61-46(41)54)34-27-28-58-29-34)47(60)59-43(32-17-7-2-8-18-32)33-19-9-3-10-20-33/h2-26,31,34,41,43,46H,27-30H2,1H3,(H,50,52)(H,51,55)/b53-40+/t34?,41?,46-/m1/s1. The van der Waals surface area contributed by atoms with Crippen LogP contribution in [0.15, 0.2) is 173 Å². The van der Waals surface area contributed by atoms with Crippen LogP contribution >= 0.6 is 35.3 Å². The average molecular weight is 878 g/mol. The molecule has 2 N–H and O–H groups in total. The monoisotopic (exact) mass is 877 g/mol. The predicted molar refractivity (Wildman–Crippen MR) is 248 cm³/mol. The summed E-state index contributed by atoms with van der Waals surface area (Å²) in [6.07, 6.45) is 0.321. The summed E-state index contributed by atoms with van der Waals surface area (Å²) in [6, 6.07) is 49.6. The van der Waals surface area contributed by atoms with Gasteiger partial charge in [-0.15, -0.1) is 23.1 Å². The van der Waals surface area contributed by atoms with Gasteiger partial charge in [-0.25, -0.2) is 4.98 Å². The second-order valence-electron chi connectivity index (χ2n) is 15.0. The molecular weight excluding hydrogens is 835 g/mol. The van der Waals surface area contributed by atoms with Gasteiger partial charge in [0.1, 0.15) is 35.9 Å². The Kier molecular flexibility index (Phi) is 12.3. The van der Waals surface area contributed by atoms with E-state index in [9.17, 15) is 9.59 Å². The number of hydrogen-bond acceptors (Lipinski definition) is 11. The lowest BCUT2D eigenvalue weighted by atomic mass is 9.77. The molecule has 3 aliphatic rings. The largest absolute Gasteiger partial charge is 0.469 e. The first-order valence-electron chi connectivity index (χ1n) is 20.3. The number of oxime groups is 1. The second-order valence-corrected chi connectivity index (χ2v) is 17.4. The van der Waals surface area contributed by atoms with Crippen molar-refractivity contribution in [3.63, 3.8) is 0 Å². The van der Waals surface area contributed by atoms with Crippen molar-refractivity contribution in [3.05, 3.63) is 202 Å². The van der Waals surface area contributed by atoms with Gasteiger partial charge < -0.3 is 24.9 Å². The first kappa shape index (κ1) is 41.2. The minimum Gasteiger partial charge on any atom is -0.469 e. The molecule has 4 heterocycles. The molecule has 2 amide bonds. The van der Waals surface area contributed by atoms with E-state index in [2.05, 4.69) is 52.2 Å². The number of ether oxygens (including phenoxy) is 2. The van der Waals surface area contributed by atoms with Gasteiger partial charge in [-0.2, -0.15) is 0 Å². The predicted octanol–water partition coefficient (Wildman–Crippen LogP) is 8.72. The highest BCUT2D eigenvalue weighted by Crippen LogP contribution is 2.45. The fourth-order valence-corrected chi connectivity index (χ4v) is 10.9. The minimum atomic E-state index is -0.856. The van der Waals surface area contributed by atoms with Gasteiger partial charge in [0.2, 0.25) is 5.05 Å². The van der Waals surface area contributed by atoms with Gasteiger partial charge in [0.25, 0.3) is 11.8 Å². The number of thiocarbonyl (C=S) groups is 1. The van der Waals surface area contributed by atoms with E-state index in [0.29, 0.717) is 35.5 Å². The average Bonchev–Trinajstić information content (AvgIpc) is 4.05. The zero-order valence-corrected chi connectivity index (χ0v) is 36.2. The number of aromatic nitrogens is 1. The highest BCUT2D eigenvalue weighted by atomic mass is 32.2. The Morgan fingerprint density at radius 1 is 0.855 bits per heavy atom. The van der Waals surface area contributed by atoms with E-state index in [-0.39, 0.29) is 22.6 Å². The molecule has 10 nitrogen and oxygen atoms in total. The number of nitrogens with zero attached hydrogens (tertiary/aromatic N) is 3. The first-order chi connectivity index (χ1) is 30.5. The Morgan fingerprint density at radius 2 is 1.40 bits per heavy atom. The molecule has 5 aromatic carbocycles. The molecule has 2 saturated heterocycles. The van der Waals surface area contributed by atoms with Crippen molar-refractivity contribution in [1.82, 2.24) is 15.2 Å². The number of rotatable bonds is 14. The fourth-order valence-electron chi connectivity index (χ4n) is 8.39. The quantitative estimate of drug-likeness (QED) is 0.0365. The summed E-state index contributed by atoms with van der Waals surface area (Å²) >= 11 is 9.05. The van der Waals surface area contributed by atoms with Crippen LogP contribution in [0.25, 0.3) is 0 Å². The highest BCUT2D eigenvalue weighted by Gasteiger charge is 2.55. The van der Waals surface area contributed by atoms with Crippen molar-refractivity contribution in [3.8, 4) is 0 Å². The molecule has 0 saturated carbocycles. The number of hydrogen-bond donors (Lipinski definition) is 2. The van der Waals surface area contributed by atoms with Gasteiger partial charge >= 0.3 is 0 Å². The minimum absolute atomic E-state index is 0.0550. The zero-order valence-electron chi connectivity index (χ0n) is 33.8. The zero-order chi connectivity index (χ0) is 42.5. The highest BCUT2D eigenvalue weighted by molar-refractivity contribution is 8.00. The molecule has 62 heavy (non-hydrogen) atoms. The van der Waals surface area contributed by atoms with Gasteiger partial charge in [0.05, 0.1) is 12.3 Å². The van der Waals surface area contributed by atoms with Gasteiger partial charge in [0, 0.05) is 23.7 Å². The van der Waals surface area contributed by atoms with Crippen LogP contribution < -0.4 is 10.6 Å². The molecule has 6 aromatic rings. The van der Waals surface area contributed by atoms with Gasteiger partial charge in [-0.05, 0) is 52.0 Å². The lowest BCUT2D eigenvalue weighted by Gasteiger charge is -2.51. The smallest absolute Gasteiger partial charge is 0.276 e. The summed E-state index contributed by atoms with van der Waals surface area (Å²) < 4.78 is 12.5. The maximum atomic E-state index is 14.3. The summed E-state index contributed by atoms with van der Waals surface area (Å²) in [5, 5.41) is 13.0. The van der Waals surface area contributed by atoms with Crippen LogP contribution in [0.3, 0.4) is 0 Å². The van der Waals surface area contributed by atoms with Crippen LogP contribution in [0.4, 0.5) is 5.13 Å². The van der Waals surface area contributed by atoms with Crippen LogP contribution in [0.1, 0.15) is 46.0 Å². The lowest BCUT2D eigenvalue weighted by molar-refractivity contribution is -0.144. The third-order valence-corrected chi connectivity index (χ3v) is 13.7. The molecule has 0 radical (unpaired) electrons. The molecule has 3 aliphatic heterocycles. The maximum Gasteiger partial charge on any atom is 0.276 e. The van der Waals surface area contributed by atoms with Crippen molar-refractivity contribution in [2.45, 2.75) is 29.5 Å². The van der Waals surface area contributed by atoms with Gasteiger partial charge in [-0.3, -0.25) is 14.5 Å². The summed E-state index contributed by atoms with van der Waals surface area (Å²) in [4.78, 5) is 40.4. The SMILES string of the molecule is CO/N=C(/C(=O)NC1C(=O)N2C(C(=S)OC(c3ccccc3)c3ccccc3)=C(C3CCOC3)CS[C@H]12)c1csc(NC(c2ccccc2)(c2ccccc2)c2ccccc2)n1. The van der Waals surface area contributed by atoms with E-state index in [1.807, 2.05) is 115 Å². The topological polar surface area (TPSA) is 114 Å². The van der Waals surface area contributed by atoms with E-state index >= 15 is 0 Å². The van der Waals surface area contributed by atoms with Crippen LogP contribution in [0, 0.1) is 5.92 Å². The van der Waals surface area contributed by atoms with Crippen molar-refractivity contribution in [2.24, 2.45) is 11.1 Å². The summed E-state index contributed by atoms with van der Waals surface area (Å²) in [5.74, 6) is -0.193. The third-order valence-electron chi connectivity index (χ3n) is 11.4. The summed E-state index contributed by atoms with van der Waals surface area (Å²) in [5.41, 5.74) is 5.92. The molecular formula is C49H43N5O5S3. The van der Waals surface area contributed by atoms with Crippen LogP contribution in [-0.4, -0.2) is 70.0 Å². The van der Waals surface area contributed by atoms with Crippen LogP contribution in [0.2, 0.25) is 0 Å². The number of nitrogens with one attached hydrogen (secondary N) is 2. The van der Waals surface area contributed by atoms with Crippen LogP contribution in [-0.2, 0) is 29.4 Å². The third kappa shape index (κ3) is 8.04. The van der Waals surface area contributed by atoms with Crippen molar-refractivity contribution in [2.75, 3.05) is 31.4 Å². The van der Waals surface area contributed by atoms with Gasteiger partial charge in [-0.1, -0.05) is 157 Å². The number of benzene rings is 5. The van der Waals surface area contributed by atoms with Crippen molar-refractivity contribution < 1.29 is 23.9 Å². The Hall–Kier alpha value is -6.12. The number of thiazole rings is 1.